The Bertz CT molecular complexity index is 1190. The fourth-order valence-corrected chi connectivity index (χ4v) is 6.07. The molecule has 1 aliphatic heterocycles. The predicted octanol–water partition coefficient (Wildman–Crippen LogP) is 9.17. The van der Waals surface area contributed by atoms with Crippen LogP contribution in [-0.2, 0) is 16.1 Å². The maximum atomic E-state index is 13.6. The van der Waals surface area contributed by atoms with Crippen LogP contribution in [0.15, 0.2) is 72.8 Å². The molecule has 5 heteroatoms. The molecule has 0 unspecified atom stereocenters. The predicted molar refractivity (Wildman–Crippen MR) is 169 cm³/mol. The number of amides is 1. The molecule has 0 aliphatic carbocycles. The molecule has 222 valence electrons. The lowest BCUT2D eigenvalue weighted by molar-refractivity contribution is -0.0503. The van der Waals surface area contributed by atoms with E-state index in [4.69, 9.17) is 9.47 Å². The first-order valence-corrected chi connectivity index (χ1v) is 15.9. The van der Waals surface area contributed by atoms with Gasteiger partial charge >= 0.3 is 6.09 Å². The number of rotatable bonds is 16. The quantitative estimate of drug-likeness (QED) is 0.178. The van der Waals surface area contributed by atoms with Gasteiger partial charge in [0.25, 0.3) is 0 Å². The van der Waals surface area contributed by atoms with Gasteiger partial charge < -0.3 is 14.8 Å². The fraction of sp³-hybridized carbons (Fsp3) is 0.528. The number of nitrogens with zero attached hydrogens (tertiary/aromatic N) is 1. The monoisotopic (exact) mass is 558 g/mol. The van der Waals surface area contributed by atoms with E-state index >= 15 is 0 Å². The molecule has 1 fully saturated rings. The number of unbranched alkanes of at least 4 members (excludes halogenated alkanes) is 9. The highest BCUT2D eigenvalue weighted by atomic mass is 16.6. The van der Waals surface area contributed by atoms with Crippen molar-refractivity contribution in [3.05, 3.63) is 83.9 Å². The second-order valence-corrected chi connectivity index (χ2v) is 11.9. The lowest BCUT2D eigenvalue weighted by Gasteiger charge is -2.37. The molecule has 3 aromatic rings. The third-order valence-electron chi connectivity index (χ3n) is 8.36. The molecule has 1 heterocycles. The van der Waals surface area contributed by atoms with Gasteiger partial charge in [0.2, 0.25) is 0 Å². The third kappa shape index (κ3) is 8.80. The molecular weight excluding hydrogens is 508 g/mol. The minimum Gasteiger partial charge on any atom is -0.444 e. The van der Waals surface area contributed by atoms with E-state index in [9.17, 15) is 4.79 Å². The van der Waals surface area contributed by atoms with Crippen molar-refractivity contribution in [2.45, 2.75) is 109 Å². The molecule has 41 heavy (non-hydrogen) atoms. The summed E-state index contributed by atoms with van der Waals surface area (Å²) in [6, 6.07) is 24.5. The van der Waals surface area contributed by atoms with Crippen molar-refractivity contribution in [3.63, 3.8) is 0 Å². The molecule has 1 saturated heterocycles. The maximum Gasteiger partial charge on any atom is 0.412 e. The van der Waals surface area contributed by atoms with Crippen molar-refractivity contribution in [2.75, 3.05) is 13.2 Å². The molecule has 0 aromatic heterocycles. The summed E-state index contributed by atoms with van der Waals surface area (Å²) in [4.78, 5) is 15.4. The summed E-state index contributed by atoms with van der Waals surface area (Å²) in [5.74, 6) is 0. The Morgan fingerprint density at radius 2 is 1.51 bits per heavy atom. The zero-order chi connectivity index (χ0) is 28.9. The van der Waals surface area contributed by atoms with Gasteiger partial charge in [-0.2, -0.15) is 0 Å². The zero-order valence-electron chi connectivity index (χ0n) is 25.4. The van der Waals surface area contributed by atoms with Crippen LogP contribution in [0, 0.1) is 0 Å². The number of ether oxygens (including phenoxy) is 2. The van der Waals surface area contributed by atoms with Crippen LogP contribution in [0.4, 0.5) is 4.79 Å². The molecule has 1 amide bonds. The highest BCUT2D eigenvalue weighted by molar-refractivity contribution is 5.86. The first-order valence-electron chi connectivity index (χ1n) is 15.9. The third-order valence-corrected chi connectivity index (χ3v) is 8.36. The molecule has 3 aromatic carbocycles. The van der Waals surface area contributed by atoms with Crippen LogP contribution >= 0.6 is 0 Å². The summed E-state index contributed by atoms with van der Waals surface area (Å²) in [7, 11) is 0. The zero-order valence-corrected chi connectivity index (χ0v) is 25.4. The maximum absolute atomic E-state index is 13.6. The van der Waals surface area contributed by atoms with E-state index in [1.165, 1.54) is 74.1 Å². The number of carbonyl (C=O) groups is 1. The molecule has 0 spiro atoms. The molecule has 4 rings (SSSR count). The first kappa shape index (κ1) is 31.1. The van der Waals surface area contributed by atoms with E-state index < -0.39 is 5.72 Å². The molecule has 0 bridgehead atoms. The Morgan fingerprint density at radius 3 is 2.24 bits per heavy atom. The minimum atomic E-state index is -0.764. The largest absolute Gasteiger partial charge is 0.444 e. The number of fused-ring (bicyclic) bond motifs is 1. The average molecular weight is 559 g/mol. The summed E-state index contributed by atoms with van der Waals surface area (Å²) in [6.07, 6.45) is 12.8. The van der Waals surface area contributed by atoms with Crippen LogP contribution < -0.4 is 5.32 Å². The Morgan fingerprint density at radius 1 is 0.878 bits per heavy atom. The van der Waals surface area contributed by atoms with Crippen LogP contribution in [0.2, 0.25) is 0 Å². The van der Waals surface area contributed by atoms with Crippen LogP contribution in [-0.4, -0.2) is 35.9 Å². The normalized spacial score (nSPS) is 17.1. The van der Waals surface area contributed by atoms with E-state index in [-0.39, 0.29) is 24.8 Å². The second kappa shape index (κ2) is 15.9. The van der Waals surface area contributed by atoms with Crippen LogP contribution in [0.5, 0.6) is 0 Å². The number of benzene rings is 3. The van der Waals surface area contributed by atoms with E-state index in [1.54, 1.807) is 0 Å². The SMILES string of the molecule is CCCCCCCCCCCCN[C@H](c1cccc2ccccc12)[C@H]1COC(C)(C)N1C(=O)OCc1ccccc1. The standard InChI is InChI=1S/C36H50N2O3/c1-4-5-6-7-8-9-10-11-12-18-26-37-34(32-25-19-23-30-22-16-17-24-31(30)32)33-28-41-36(2,3)38(33)35(39)40-27-29-20-14-13-15-21-29/h13-17,19-25,33-34,37H,4-12,18,26-28H2,1-3H3/t33-,34-/m1/s1. The van der Waals surface area contributed by atoms with Crippen LogP contribution in [0.25, 0.3) is 10.8 Å². The van der Waals surface area contributed by atoms with Crippen molar-refractivity contribution in [2.24, 2.45) is 0 Å². The molecule has 2 atom stereocenters. The fourth-order valence-electron chi connectivity index (χ4n) is 6.07. The number of hydrogen-bond donors (Lipinski definition) is 1. The Balaban J connectivity index is 1.43. The van der Waals surface area contributed by atoms with Gasteiger partial charge in [-0.3, -0.25) is 4.90 Å². The van der Waals surface area contributed by atoms with Crippen molar-refractivity contribution in [1.29, 1.82) is 0 Å². The van der Waals surface area contributed by atoms with Gasteiger partial charge in [0.15, 0.2) is 0 Å². The van der Waals surface area contributed by atoms with Crippen LogP contribution in [0.3, 0.4) is 0 Å². The molecule has 0 saturated carbocycles. The van der Waals surface area contributed by atoms with Gasteiger partial charge in [0, 0.05) is 0 Å². The Hall–Kier alpha value is -2.89. The topological polar surface area (TPSA) is 50.8 Å². The highest BCUT2D eigenvalue weighted by Crippen LogP contribution is 2.37. The van der Waals surface area contributed by atoms with E-state index in [2.05, 4.69) is 54.7 Å². The van der Waals surface area contributed by atoms with Crippen molar-refractivity contribution >= 4 is 16.9 Å². The van der Waals surface area contributed by atoms with E-state index in [0.717, 1.165) is 18.5 Å². The van der Waals surface area contributed by atoms with Gasteiger partial charge in [0.1, 0.15) is 12.3 Å². The van der Waals surface area contributed by atoms with Gasteiger partial charge in [-0.25, -0.2) is 4.79 Å². The smallest absolute Gasteiger partial charge is 0.412 e. The number of nitrogens with one attached hydrogen (secondary N) is 1. The van der Waals surface area contributed by atoms with Gasteiger partial charge in [0.05, 0.1) is 18.7 Å². The Labute approximate surface area is 247 Å². The lowest BCUT2D eigenvalue weighted by atomic mass is 9.93. The van der Waals surface area contributed by atoms with Crippen molar-refractivity contribution < 1.29 is 14.3 Å². The molecule has 1 N–H and O–H groups in total. The van der Waals surface area contributed by atoms with Gasteiger partial charge in [-0.05, 0) is 48.7 Å². The minimum absolute atomic E-state index is 0.0780. The van der Waals surface area contributed by atoms with Gasteiger partial charge in [-0.1, -0.05) is 138 Å². The molecule has 5 nitrogen and oxygen atoms in total. The number of carbonyl (C=O) groups excluding carboxylic acids is 1. The molecule has 1 aliphatic rings. The Kier molecular flexibility index (Phi) is 12.1. The van der Waals surface area contributed by atoms with Gasteiger partial charge in [-0.15, -0.1) is 0 Å². The highest BCUT2D eigenvalue weighted by Gasteiger charge is 2.48. The average Bonchev–Trinajstić information content (AvgIpc) is 3.31. The molecule has 0 radical (unpaired) electrons. The first-order chi connectivity index (χ1) is 20.0. The van der Waals surface area contributed by atoms with E-state index in [1.807, 2.05) is 49.1 Å². The summed E-state index contributed by atoms with van der Waals surface area (Å²) in [5, 5.41) is 6.27. The van der Waals surface area contributed by atoms with E-state index in [0.29, 0.717) is 6.61 Å². The van der Waals surface area contributed by atoms with Crippen molar-refractivity contribution in [3.8, 4) is 0 Å². The summed E-state index contributed by atoms with van der Waals surface area (Å²) >= 11 is 0. The lowest BCUT2D eigenvalue weighted by Crippen LogP contribution is -2.52. The summed E-state index contributed by atoms with van der Waals surface area (Å²) < 4.78 is 12.1. The number of hydrogen-bond acceptors (Lipinski definition) is 4. The van der Waals surface area contributed by atoms with Crippen LogP contribution in [0.1, 0.15) is 102 Å². The second-order valence-electron chi connectivity index (χ2n) is 11.9. The molecular formula is C36H50N2O3. The summed E-state index contributed by atoms with van der Waals surface area (Å²) in [5.41, 5.74) is 1.41. The van der Waals surface area contributed by atoms with Crippen molar-refractivity contribution in [1.82, 2.24) is 10.2 Å². The summed E-state index contributed by atoms with van der Waals surface area (Å²) in [6.45, 7) is 7.78.